The van der Waals surface area contributed by atoms with Crippen molar-refractivity contribution >= 4 is 70.6 Å². The Morgan fingerprint density at radius 1 is 0.336 bits per heavy atom. The zero-order valence-corrected chi connectivity index (χ0v) is 80.6. The molecule has 12 atom stereocenters. The largest absolute Gasteiger partial charge is 0.450 e. The first-order valence-electron chi connectivity index (χ1n) is 47.2. The van der Waals surface area contributed by atoms with Gasteiger partial charge in [-0.05, 0) is 256 Å². The number of aromatic nitrogens is 4. The number of carbonyl (C=O) groups excluding carboxylic acids is 6. The molecule has 6 aromatic rings. The van der Waals surface area contributed by atoms with Crippen molar-refractivity contribution in [1.29, 1.82) is 0 Å². The quantitative estimate of drug-likeness (QED) is 0.117. The Hall–Kier alpha value is -15.3. The number of oxime groups is 6. The van der Waals surface area contributed by atoms with Gasteiger partial charge in [0, 0.05) is 113 Å². The number of fused-ring (bicyclic) bond motifs is 6. The lowest BCUT2D eigenvalue weighted by Gasteiger charge is -2.32. The standard InChI is InChI=1S/C19H22N4O2.C18H20N4O3.C17H19N3O3.C17H18N2O3.C16H18N4O3.C16H17N3O3/c1-14-6-5-7-15(20-14)8-9-17-16-10-13-23(18(16)25-21-17)19(24)22-11-3-2-4-12-22;1-13-3-2-4-14(19-13)5-6-16-15-7-8-22(17(15)25-20-16)18(23)21-9-11-24-12-10-21;1-12-5-4-6-13(11-12)7-8-15-14-9-10-20(16(14)23-18-15)17(21)19(2)22-3;1-3-21-17(20)19-10-9-14-15(18-22-16(14)19)8-7-13-6-4-5-12(2)11-13;1-11-5-4-6-12(17-11)7-8-14-13-9-10-20(15(13)23-18-14)16(21)19(2)22-3;1-3-21-16(20)19-10-9-13-14(18-22-15(13)19)8-7-12-6-4-5-11(2)17-12/h5-7,16,18H,2-4,10-13H2,1H3;2-4,15,17H,7-12H2,1H3;4-6,11,14,16H,9-10H2,1-3H3;4-6,11,14,16H,3,9-10H2,1-2H3;4-6,13,15H,9-10H2,1-3H3;4-6,13,15H,3,9-10H2,1-2H3. The van der Waals surface area contributed by atoms with Crippen LogP contribution >= 0.6 is 0 Å². The molecule has 12 unspecified atom stereocenters. The number of likely N-dealkylation sites (tertiary alicyclic amines) is 7. The van der Waals surface area contributed by atoms with Crippen molar-refractivity contribution in [2.75, 3.05) is 120 Å². The molecule has 37 nitrogen and oxygen atoms in total. The Bertz CT molecular complexity index is 5810. The average molecular weight is 1900 g/mol. The van der Waals surface area contributed by atoms with Crippen LogP contribution in [0.2, 0.25) is 0 Å². The summed E-state index contributed by atoms with van der Waals surface area (Å²) in [4.78, 5) is 147. The summed E-state index contributed by atoms with van der Waals surface area (Å²) in [5, 5.41) is 26.8. The number of benzene rings is 2. The van der Waals surface area contributed by atoms with Gasteiger partial charge < -0.3 is 53.0 Å². The van der Waals surface area contributed by atoms with Gasteiger partial charge in [-0.25, -0.2) is 58.8 Å². The number of hydroxylamine groups is 4. The average Bonchev–Trinajstić information content (AvgIpc) is 1.65. The van der Waals surface area contributed by atoms with E-state index < -0.39 is 12.5 Å². The van der Waals surface area contributed by atoms with Gasteiger partial charge in [-0.1, -0.05) is 91.3 Å². The van der Waals surface area contributed by atoms with Crippen molar-refractivity contribution in [2.45, 2.75) is 151 Å². The number of nitrogens with zero attached hydrogens (tertiary/aromatic N) is 20. The highest BCUT2D eigenvalue weighted by Crippen LogP contribution is 2.39. The van der Waals surface area contributed by atoms with E-state index in [4.69, 9.17) is 52.9 Å². The van der Waals surface area contributed by atoms with Gasteiger partial charge in [-0.3, -0.25) is 39.1 Å². The minimum atomic E-state index is -0.408. The molecule has 8 fully saturated rings. The van der Waals surface area contributed by atoms with Crippen molar-refractivity contribution in [3.05, 3.63) is 189 Å². The lowest BCUT2D eigenvalue weighted by molar-refractivity contribution is -0.0937. The van der Waals surface area contributed by atoms with E-state index in [2.05, 4.69) is 122 Å². The highest BCUT2D eigenvalue weighted by Gasteiger charge is 2.52. The summed E-state index contributed by atoms with van der Waals surface area (Å²) in [6, 6.07) is 38.5. The van der Waals surface area contributed by atoms with Crippen LogP contribution in [0.3, 0.4) is 0 Å². The molecule has 37 heteroatoms. The maximum atomic E-state index is 12.7. The third-order valence-corrected chi connectivity index (χ3v) is 25.2. The number of pyridine rings is 4. The molecule has 140 heavy (non-hydrogen) atoms. The van der Waals surface area contributed by atoms with Crippen molar-refractivity contribution in [2.24, 2.45) is 66.4 Å². The van der Waals surface area contributed by atoms with Crippen LogP contribution < -0.4 is 0 Å². The van der Waals surface area contributed by atoms with E-state index in [9.17, 15) is 28.8 Å². The van der Waals surface area contributed by atoms with E-state index in [0.717, 1.165) is 110 Å². The lowest BCUT2D eigenvalue weighted by atomic mass is 10.0. The number of piperidine rings is 1. The van der Waals surface area contributed by atoms with Crippen LogP contribution in [0.1, 0.15) is 139 Å². The Labute approximate surface area is 814 Å². The zero-order chi connectivity index (χ0) is 98.3. The zero-order valence-electron chi connectivity index (χ0n) is 80.6. The van der Waals surface area contributed by atoms with E-state index >= 15 is 0 Å². The summed E-state index contributed by atoms with van der Waals surface area (Å²) in [6.07, 6.45) is 5.26. The summed E-state index contributed by atoms with van der Waals surface area (Å²) in [5.41, 5.74) is 14.9. The monoisotopic (exact) mass is 1900 g/mol. The molecule has 14 aliphatic heterocycles. The molecule has 4 aromatic heterocycles. The molecule has 0 radical (unpaired) electrons. The number of aryl methyl sites for hydroxylation is 6. The van der Waals surface area contributed by atoms with Crippen LogP contribution in [0.25, 0.3) is 0 Å². The van der Waals surface area contributed by atoms with E-state index in [1.807, 2.05) is 178 Å². The predicted molar refractivity (Wildman–Crippen MR) is 515 cm³/mol. The van der Waals surface area contributed by atoms with Crippen LogP contribution in [0.5, 0.6) is 0 Å². The number of rotatable bonds is 4. The Morgan fingerprint density at radius 2 is 0.607 bits per heavy atom. The van der Waals surface area contributed by atoms with Crippen LogP contribution in [0.15, 0.2) is 152 Å². The summed E-state index contributed by atoms with van der Waals surface area (Å²) in [6.45, 7) is 23.9. The molecule has 14 aliphatic rings. The van der Waals surface area contributed by atoms with Crippen LogP contribution in [-0.4, -0.2) is 297 Å². The van der Waals surface area contributed by atoms with Gasteiger partial charge >= 0.3 is 36.3 Å². The molecule has 0 aliphatic carbocycles. The normalized spacial score (nSPS) is 23.1. The third kappa shape index (κ3) is 24.4. The molecule has 728 valence electrons. The van der Waals surface area contributed by atoms with E-state index in [0.29, 0.717) is 124 Å². The highest BCUT2D eigenvalue weighted by molar-refractivity contribution is 6.07. The highest BCUT2D eigenvalue weighted by atomic mass is 16.7. The SMILES string of the molecule is CCOC(=O)N1CCC2C(C#Cc3cccc(C)c3)=NOC21.CCOC(=O)N1CCC2C(C#Cc3cccc(C)n3)=NOC21.CON(C)C(=O)N1CCC2C(C#Cc3cccc(C)c3)=NOC21.CON(C)C(=O)N1CCC2C(C#Cc3cccc(C)n3)=NOC21.Cc1cccc(C#CC2=NOC3C2CCN3C(=O)N2CCCCC2)n1.Cc1cccc(C#CC2=NOC3C2CCN3C(=O)N2CCOCC2)n1. The molecular formula is C103H114N20O17. The second kappa shape index (κ2) is 47.2. The van der Waals surface area contributed by atoms with E-state index in [-0.39, 0.29) is 96.7 Å². The second-order valence-corrected chi connectivity index (χ2v) is 34.8. The van der Waals surface area contributed by atoms with Gasteiger partial charge in [-0.2, -0.15) is 0 Å². The number of ether oxygens (including phenoxy) is 3. The number of morpholine rings is 1. The fourth-order valence-electron chi connectivity index (χ4n) is 17.8. The molecular weight excluding hydrogens is 1790 g/mol. The Kier molecular flexibility index (Phi) is 33.4. The van der Waals surface area contributed by atoms with Crippen molar-refractivity contribution < 1.29 is 81.7 Å². The van der Waals surface area contributed by atoms with E-state index in [1.54, 1.807) is 52.4 Å². The molecule has 20 rings (SSSR count). The van der Waals surface area contributed by atoms with Gasteiger partial charge in [0.2, 0.25) is 37.4 Å². The maximum absolute atomic E-state index is 12.7. The maximum Gasteiger partial charge on any atom is 0.412 e. The predicted octanol–water partition coefficient (Wildman–Crippen LogP) is 11.5. The molecule has 0 N–H and O–H groups in total. The van der Waals surface area contributed by atoms with Crippen LogP contribution in [0.4, 0.5) is 28.8 Å². The first-order valence-corrected chi connectivity index (χ1v) is 47.2. The van der Waals surface area contributed by atoms with Crippen molar-refractivity contribution in [3.63, 3.8) is 0 Å². The molecule has 8 saturated heterocycles. The minimum Gasteiger partial charge on any atom is -0.450 e. The summed E-state index contributed by atoms with van der Waals surface area (Å²) < 4.78 is 15.4. The summed E-state index contributed by atoms with van der Waals surface area (Å²) >= 11 is 0. The summed E-state index contributed by atoms with van der Waals surface area (Å²) in [5.74, 6) is 37.0. The molecule has 0 bridgehead atoms. The molecule has 2 aromatic carbocycles. The van der Waals surface area contributed by atoms with Gasteiger partial charge in [0.15, 0.2) is 0 Å². The first-order chi connectivity index (χ1) is 68.0. The number of hydrogen-bond acceptors (Lipinski definition) is 27. The van der Waals surface area contributed by atoms with Crippen LogP contribution in [0, 0.1) is 148 Å². The van der Waals surface area contributed by atoms with Gasteiger partial charge in [0.25, 0.3) is 0 Å². The molecule has 18 heterocycles. The minimum absolute atomic E-state index is 0.000519. The summed E-state index contributed by atoms with van der Waals surface area (Å²) in [7, 11) is 6.04. The number of hydrogen-bond donors (Lipinski definition) is 0. The molecule has 0 saturated carbocycles. The Morgan fingerprint density at radius 3 is 0.900 bits per heavy atom. The van der Waals surface area contributed by atoms with Gasteiger partial charge in [0.05, 0.1) is 76.2 Å². The number of urea groups is 4. The van der Waals surface area contributed by atoms with Gasteiger partial charge in [-0.15, -0.1) is 0 Å². The fourth-order valence-corrected chi connectivity index (χ4v) is 17.8. The second-order valence-electron chi connectivity index (χ2n) is 34.8. The smallest absolute Gasteiger partial charge is 0.412 e. The number of amides is 10. The molecule has 0 spiro atoms. The van der Waals surface area contributed by atoms with Crippen molar-refractivity contribution in [1.82, 2.24) is 69.3 Å². The van der Waals surface area contributed by atoms with E-state index in [1.165, 1.54) is 41.9 Å². The molecule has 10 amide bonds. The van der Waals surface area contributed by atoms with Gasteiger partial charge in [0.1, 0.15) is 57.0 Å². The Balaban J connectivity index is 0.000000127. The number of carbonyl (C=O) groups is 6. The topological polar surface area (TPSA) is 362 Å². The lowest BCUT2D eigenvalue weighted by Crippen LogP contribution is -2.50. The third-order valence-electron chi connectivity index (χ3n) is 25.2. The van der Waals surface area contributed by atoms with Crippen molar-refractivity contribution in [3.8, 4) is 71.0 Å². The first kappa shape index (κ1) is 99.2. The fraction of sp³-hybridized carbons (Fsp3) is 0.456. The van der Waals surface area contributed by atoms with Crippen LogP contribution in [-0.2, 0) is 52.9 Å².